The lowest BCUT2D eigenvalue weighted by Gasteiger charge is -2.17. The number of hydrogen-bond acceptors (Lipinski definition) is 4. The fourth-order valence-electron chi connectivity index (χ4n) is 2.48. The zero-order chi connectivity index (χ0) is 17.3. The zero-order valence-electron chi connectivity index (χ0n) is 13.2. The molecule has 3 aromatic rings. The molecule has 0 unspecified atom stereocenters. The van der Waals surface area contributed by atoms with Crippen LogP contribution in [0.5, 0.6) is 0 Å². The van der Waals surface area contributed by atoms with Crippen LogP contribution in [-0.2, 0) is 18.3 Å². The van der Waals surface area contributed by atoms with Crippen molar-refractivity contribution in [2.75, 3.05) is 11.9 Å². The smallest absolute Gasteiger partial charge is 0.274 e. The van der Waals surface area contributed by atoms with Crippen molar-refractivity contribution in [1.82, 2.24) is 14.8 Å². The Balaban J connectivity index is 1.95. The highest BCUT2D eigenvalue weighted by molar-refractivity contribution is 9.10. The van der Waals surface area contributed by atoms with Gasteiger partial charge >= 0.3 is 0 Å². The molecule has 0 aliphatic rings. The second kappa shape index (κ2) is 6.52. The van der Waals surface area contributed by atoms with Gasteiger partial charge in [-0.05, 0) is 34.1 Å². The maximum absolute atomic E-state index is 12.6. The molecule has 0 fully saturated rings. The molecule has 0 aliphatic carbocycles. The number of aryl methyl sites for hydroxylation is 1. The number of anilines is 1. The lowest BCUT2D eigenvalue weighted by Crippen LogP contribution is -2.30. The fraction of sp³-hybridized carbons (Fsp3) is 0.176. The van der Waals surface area contributed by atoms with E-state index in [4.69, 9.17) is 0 Å². The van der Waals surface area contributed by atoms with Crippen molar-refractivity contribution in [3.63, 3.8) is 0 Å². The van der Waals surface area contributed by atoms with Crippen molar-refractivity contribution in [1.29, 1.82) is 0 Å². The van der Waals surface area contributed by atoms with Crippen LogP contribution >= 0.6 is 15.9 Å². The number of fused-ring (bicyclic) bond motifs is 1. The van der Waals surface area contributed by atoms with Gasteiger partial charge in [-0.25, -0.2) is 9.67 Å². The van der Waals surface area contributed by atoms with Gasteiger partial charge in [-0.1, -0.05) is 18.2 Å². The van der Waals surface area contributed by atoms with Crippen LogP contribution in [0.1, 0.15) is 5.69 Å². The number of aromatic nitrogens is 3. The minimum Gasteiger partial charge on any atom is -0.314 e. The van der Waals surface area contributed by atoms with Crippen molar-refractivity contribution < 1.29 is 4.79 Å². The van der Waals surface area contributed by atoms with Crippen LogP contribution in [-0.4, -0.2) is 27.7 Å². The van der Waals surface area contributed by atoms with Gasteiger partial charge in [0.1, 0.15) is 4.60 Å². The molecule has 3 rings (SSSR count). The third-order valence-corrected chi connectivity index (χ3v) is 4.29. The van der Waals surface area contributed by atoms with E-state index in [1.165, 1.54) is 9.58 Å². The van der Waals surface area contributed by atoms with Gasteiger partial charge in [0.25, 0.3) is 5.56 Å². The third-order valence-electron chi connectivity index (χ3n) is 3.82. The normalized spacial score (nSPS) is 10.8. The van der Waals surface area contributed by atoms with E-state index >= 15 is 0 Å². The summed E-state index contributed by atoms with van der Waals surface area (Å²) in [5.41, 5.74) is 1.10. The summed E-state index contributed by atoms with van der Waals surface area (Å²) in [6.07, 6.45) is 1.72. The maximum atomic E-state index is 12.6. The van der Waals surface area contributed by atoms with E-state index in [2.05, 4.69) is 26.0 Å². The minimum atomic E-state index is -0.174. The van der Waals surface area contributed by atoms with Crippen LogP contribution in [0.25, 0.3) is 10.8 Å². The van der Waals surface area contributed by atoms with Crippen LogP contribution in [0.15, 0.2) is 52.0 Å². The van der Waals surface area contributed by atoms with E-state index in [0.717, 1.165) is 0 Å². The Labute approximate surface area is 146 Å². The number of nitrogens with zero attached hydrogens (tertiary/aromatic N) is 4. The molecular formula is C17H15BrN4O2. The molecule has 0 spiro atoms. The van der Waals surface area contributed by atoms with Gasteiger partial charge in [-0.15, -0.1) is 0 Å². The molecule has 7 heteroatoms. The van der Waals surface area contributed by atoms with Gasteiger partial charge in [0, 0.05) is 19.5 Å². The van der Waals surface area contributed by atoms with Crippen LogP contribution in [0.3, 0.4) is 0 Å². The molecule has 0 bridgehead atoms. The first-order valence-corrected chi connectivity index (χ1v) is 8.09. The van der Waals surface area contributed by atoms with E-state index in [1.807, 2.05) is 12.1 Å². The molecule has 0 aliphatic heterocycles. The standard InChI is InChI=1S/C17H15BrN4O2/c1-21(11-7-8-15(18)19-10-11)16(23)9-14-12-5-3-4-6-13(12)17(24)22(2)20-14/h3-8,10H,9H2,1-2H3. The predicted octanol–water partition coefficient (Wildman–Crippen LogP) is 2.30. The van der Waals surface area contributed by atoms with Crippen molar-refractivity contribution in [3.05, 3.63) is 63.2 Å². The number of likely N-dealkylation sites (N-methyl/N-ethyl adjacent to an activating group) is 1. The minimum absolute atomic E-state index is 0.0984. The Morgan fingerprint density at radius 2 is 1.92 bits per heavy atom. The van der Waals surface area contributed by atoms with E-state index < -0.39 is 0 Å². The van der Waals surface area contributed by atoms with Crippen molar-refractivity contribution in [3.8, 4) is 0 Å². The Hall–Kier alpha value is -2.54. The van der Waals surface area contributed by atoms with E-state index in [-0.39, 0.29) is 17.9 Å². The molecule has 0 radical (unpaired) electrons. The molecule has 2 heterocycles. The summed E-state index contributed by atoms with van der Waals surface area (Å²) in [6.45, 7) is 0. The van der Waals surface area contributed by atoms with Crippen LogP contribution in [0.2, 0.25) is 0 Å². The summed E-state index contributed by atoms with van der Waals surface area (Å²) >= 11 is 3.27. The van der Waals surface area contributed by atoms with Gasteiger partial charge in [0.15, 0.2) is 0 Å². The molecule has 0 atom stereocenters. The monoisotopic (exact) mass is 386 g/mol. The first-order valence-electron chi connectivity index (χ1n) is 7.30. The molecule has 122 valence electrons. The topological polar surface area (TPSA) is 68.1 Å². The number of benzene rings is 1. The Morgan fingerprint density at radius 1 is 1.21 bits per heavy atom. The first-order chi connectivity index (χ1) is 11.5. The SMILES string of the molecule is CN(C(=O)Cc1nn(C)c(=O)c2ccccc12)c1ccc(Br)nc1. The van der Waals surface area contributed by atoms with Crippen LogP contribution < -0.4 is 10.5 Å². The number of pyridine rings is 1. The number of carbonyl (C=O) groups excluding carboxylic acids is 1. The maximum Gasteiger partial charge on any atom is 0.274 e. The number of hydrogen-bond donors (Lipinski definition) is 0. The second-order valence-electron chi connectivity index (χ2n) is 5.39. The molecule has 1 amide bonds. The van der Waals surface area contributed by atoms with Gasteiger partial charge in [-0.3, -0.25) is 9.59 Å². The highest BCUT2D eigenvalue weighted by Crippen LogP contribution is 2.18. The third kappa shape index (κ3) is 3.07. The molecular weight excluding hydrogens is 372 g/mol. The molecule has 2 aromatic heterocycles. The Bertz CT molecular complexity index is 966. The van der Waals surface area contributed by atoms with E-state index in [9.17, 15) is 9.59 Å². The Morgan fingerprint density at radius 3 is 2.58 bits per heavy atom. The number of carbonyl (C=O) groups is 1. The summed E-state index contributed by atoms with van der Waals surface area (Å²) in [5.74, 6) is -0.129. The largest absolute Gasteiger partial charge is 0.314 e. The van der Waals surface area contributed by atoms with Crippen molar-refractivity contribution >= 4 is 38.3 Å². The quantitative estimate of drug-likeness (QED) is 0.647. The number of rotatable bonds is 3. The average molecular weight is 387 g/mol. The summed E-state index contributed by atoms with van der Waals surface area (Å²) < 4.78 is 1.98. The van der Waals surface area contributed by atoms with Gasteiger partial charge in [-0.2, -0.15) is 5.10 Å². The summed E-state index contributed by atoms with van der Waals surface area (Å²) in [4.78, 5) is 30.4. The molecule has 1 aromatic carbocycles. The molecule has 0 saturated heterocycles. The van der Waals surface area contributed by atoms with E-state index in [1.54, 1.807) is 44.6 Å². The zero-order valence-corrected chi connectivity index (χ0v) is 14.8. The summed E-state index contributed by atoms with van der Waals surface area (Å²) in [5, 5.41) is 5.53. The molecule has 24 heavy (non-hydrogen) atoms. The number of halogens is 1. The highest BCUT2D eigenvalue weighted by atomic mass is 79.9. The summed E-state index contributed by atoms with van der Waals surface area (Å²) in [6, 6.07) is 10.8. The predicted molar refractivity (Wildman–Crippen MR) is 96.0 cm³/mol. The highest BCUT2D eigenvalue weighted by Gasteiger charge is 2.16. The average Bonchev–Trinajstić information content (AvgIpc) is 2.59. The van der Waals surface area contributed by atoms with Crippen molar-refractivity contribution in [2.45, 2.75) is 6.42 Å². The molecule has 0 saturated carbocycles. The van der Waals surface area contributed by atoms with Crippen molar-refractivity contribution in [2.24, 2.45) is 7.05 Å². The van der Waals surface area contributed by atoms with Gasteiger partial charge in [0.2, 0.25) is 5.91 Å². The van der Waals surface area contributed by atoms with Crippen LogP contribution in [0.4, 0.5) is 5.69 Å². The van der Waals surface area contributed by atoms with Crippen LogP contribution in [0, 0.1) is 0 Å². The molecule has 0 N–H and O–H groups in total. The Kier molecular flexibility index (Phi) is 4.44. The van der Waals surface area contributed by atoms with Gasteiger partial charge < -0.3 is 4.90 Å². The van der Waals surface area contributed by atoms with Gasteiger partial charge in [0.05, 0.1) is 29.4 Å². The lowest BCUT2D eigenvalue weighted by molar-refractivity contribution is -0.117. The summed E-state index contributed by atoms with van der Waals surface area (Å²) in [7, 11) is 3.28. The number of amides is 1. The first kappa shape index (κ1) is 16.3. The fourth-order valence-corrected chi connectivity index (χ4v) is 2.71. The second-order valence-corrected chi connectivity index (χ2v) is 6.20. The molecule has 6 nitrogen and oxygen atoms in total. The lowest BCUT2D eigenvalue weighted by atomic mass is 10.1. The van der Waals surface area contributed by atoms with E-state index in [0.29, 0.717) is 26.8 Å².